The Morgan fingerprint density at radius 1 is 1.08 bits per heavy atom. The number of hydrogen-bond donors (Lipinski definition) is 2. The van der Waals surface area contributed by atoms with Crippen molar-refractivity contribution < 1.29 is 14.3 Å². The molecule has 6 rings (SSSR count). The van der Waals surface area contributed by atoms with Crippen molar-refractivity contribution >= 4 is 28.6 Å². The second-order valence-electron chi connectivity index (χ2n) is 9.80. The lowest BCUT2D eigenvalue weighted by Crippen LogP contribution is -2.38. The third-order valence-electron chi connectivity index (χ3n) is 7.26. The molecule has 10 heteroatoms. The van der Waals surface area contributed by atoms with Gasteiger partial charge in [-0.3, -0.25) is 14.5 Å². The highest BCUT2D eigenvalue weighted by atomic mass is 16.5. The molecule has 0 atom stereocenters. The molecular formula is C29H30N6O4. The molecule has 39 heavy (non-hydrogen) atoms. The summed E-state index contributed by atoms with van der Waals surface area (Å²) >= 11 is 0. The van der Waals surface area contributed by atoms with Crippen LogP contribution in [0.5, 0.6) is 5.75 Å². The van der Waals surface area contributed by atoms with Crippen LogP contribution >= 0.6 is 0 Å². The minimum absolute atomic E-state index is 0.100. The van der Waals surface area contributed by atoms with Crippen molar-refractivity contribution in [2.45, 2.75) is 19.3 Å². The summed E-state index contributed by atoms with van der Waals surface area (Å²) in [7, 11) is 0. The first-order chi connectivity index (χ1) is 19.0. The molecule has 1 aliphatic heterocycles. The van der Waals surface area contributed by atoms with E-state index in [2.05, 4.69) is 32.3 Å². The minimum atomic E-state index is -0.786. The summed E-state index contributed by atoms with van der Waals surface area (Å²) in [6.45, 7) is 4.87. The maximum absolute atomic E-state index is 13.0. The molecule has 0 bridgehead atoms. The lowest BCUT2D eigenvalue weighted by atomic mass is 10.1. The Hall–Kier alpha value is -4.28. The molecule has 4 aromatic rings. The number of rotatable bonds is 8. The van der Waals surface area contributed by atoms with E-state index in [1.54, 1.807) is 4.57 Å². The standard InChI is InChI=1S/C29H30N6O4/c30-27(37)25-18-35(22-7-4-19-2-1-3-20(19)16-22)28-24(26(25)36)17-31-29(33-28)32-21-5-8-23(9-6-21)39-15-12-34-10-13-38-14-11-34/h4-9,16-18H,1-3,10-15H2,(H2,30,37)(H,31,32,33). The summed E-state index contributed by atoms with van der Waals surface area (Å²) in [5.41, 5.74) is 9.51. The summed E-state index contributed by atoms with van der Waals surface area (Å²) < 4.78 is 13.0. The fraction of sp³-hybridized carbons (Fsp3) is 0.310. The maximum atomic E-state index is 13.0. The number of aromatic nitrogens is 3. The number of nitrogens with zero attached hydrogens (tertiary/aromatic N) is 4. The molecular weight excluding hydrogens is 496 g/mol. The summed E-state index contributed by atoms with van der Waals surface area (Å²) in [6, 6.07) is 13.7. The van der Waals surface area contributed by atoms with Crippen molar-refractivity contribution in [3.63, 3.8) is 0 Å². The number of nitrogens with two attached hydrogens (primary N) is 1. The van der Waals surface area contributed by atoms with Gasteiger partial charge in [-0.1, -0.05) is 6.07 Å². The monoisotopic (exact) mass is 526 g/mol. The van der Waals surface area contributed by atoms with Crippen LogP contribution in [0, 0.1) is 0 Å². The van der Waals surface area contributed by atoms with Gasteiger partial charge in [0.25, 0.3) is 5.91 Å². The number of carbonyl (C=O) groups is 1. The van der Waals surface area contributed by atoms with Crippen LogP contribution in [-0.2, 0) is 17.6 Å². The first-order valence-corrected chi connectivity index (χ1v) is 13.2. The molecule has 3 N–H and O–H groups in total. The van der Waals surface area contributed by atoms with Crippen LogP contribution in [0.1, 0.15) is 27.9 Å². The Balaban J connectivity index is 1.25. The van der Waals surface area contributed by atoms with Crippen molar-refractivity contribution in [2.24, 2.45) is 5.73 Å². The number of amides is 1. The molecule has 1 aliphatic carbocycles. The number of anilines is 2. The molecule has 0 unspecified atom stereocenters. The predicted molar refractivity (Wildman–Crippen MR) is 148 cm³/mol. The van der Waals surface area contributed by atoms with Gasteiger partial charge >= 0.3 is 0 Å². The van der Waals surface area contributed by atoms with E-state index in [0.29, 0.717) is 18.2 Å². The Kier molecular flexibility index (Phi) is 6.95. The van der Waals surface area contributed by atoms with Crippen LogP contribution in [0.15, 0.2) is 59.7 Å². The zero-order valence-corrected chi connectivity index (χ0v) is 21.6. The molecule has 1 amide bonds. The van der Waals surface area contributed by atoms with Crippen molar-refractivity contribution in [3.8, 4) is 11.4 Å². The van der Waals surface area contributed by atoms with E-state index in [9.17, 15) is 9.59 Å². The lowest BCUT2D eigenvalue weighted by Gasteiger charge is -2.26. The van der Waals surface area contributed by atoms with Gasteiger partial charge < -0.3 is 25.1 Å². The van der Waals surface area contributed by atoms with Gasteiger partial charge in [-0.2, -0.15) is 4.98 Å². The quantitative estimate of drug-likeness (QED) is 0.359. The normalized spacial score (nSPS) is 15.3. The smallest absolute Gasteiger partial charge is 0.254 e. The summed E-state index contributed by atoms with van der Waals surface area (Å²) in [5, 5.41) is 3.42. The van der Waals surface area contributed by atoms with E-state index in [1.807, 2.05) is 30.3 Å². The van der Waals surface area contributed by atoms with E-state index in [1.165, 1.54) is 23.5 Å². The van der Waals surface area contributed by atoms with Gasteiger partial charge in [0.1, 0.15) is 17.9 Å². The number of fused-ring (bicyclic) bond motifs is 2. The molecule has 2 aromatic carbocycles. The van der Waals surface area contributed by atoms with Gasteiger partial charge in [0.05, 0.1) is 18.6 Å². The van der Waals surface area contributed by atoms with Crippen molar-refractivity contribution in [2.75, 3.05) is 44.8 Å². The molecule has 10 nitrogen and oxygen atoms in total. The first-order valence-electron chi connectivity index (χ1n) is 13.2. The van der Waals surface area contributed by atoms with Crippen LogP contribution < -0.4 is 21.2 Å². The Bertz CT molecular complexity index is 1580. The second-order valence-corrected chi connectivity index (χ2v) is 9.80. The van der Waals surface area contributed by atoms with Crippen LogP contribution in [0.25, 0.3) is 16.7 Å². The van der Waals surface area contributed by atoms with Crippen molar-refractivity contribution in [1.82, 2.24) is 19.4 Å². The third kappa shape index (κ3) is 5.34. The lowest BCUT2D eigenvalue weighted by molar-refractivity contribution is 0.0322. The van der Waals surface area contributed by atoms with Gasteiger partial charge in [0, 0.05) is 43.4 Å². The number of nitrogens with one attached hydrogen (secondary N) is 1. The first kappa shape index (κ1) is 25.0. The SMILES string of the molecule is NC(=O)c1cn(-c2ccc3c(c2)CCC3)c2nc(Nc3ccc(OCCN4CCOCC4)cc3)ncc2c1=O. The van der Waals surface area contributed by atoms with Gasteiger partial charge in [0.15, 0.2) is 5.65 Å². The summed E-state index contributed by atoms with van der Waals surface area (Å²) in [5.74, 6) is 0.313. The summed E-state index contributed by atoms with van der Waals surface area (Å²) in [4.78, 5) is 36.4. The highest BCUT2D eigenvalue weighted by Crippen LogP contribution is 2.26. The summed E-state index contributed by atoms with van der Waals surface area (Å²) in [6.07, 6.45) is 6.08. The zero-order chi connectivity index (χ0) is 26.8. The average Bonchev–Trinajstić information content (AvgIpc) is 3.43. The Labute approximate surface area is 225 Å². The van der Waals surface area contributed by atoms with Gasteiger partial charge in [-0.05, 0) is 66.8 Å². The third-order valence-corrected chi connectivity index (χ3v) is 7.26. The molecule has 2 aliphatic rings. The van der Waals surface area contributed by atoms with Crippen molar-refractivity contribution in [1.29, 1.82) is 0 Å². The van der Waals surface area contributed by atoms with Gasteiger partial charge in [-0.15, -0.1) is 0 Å². The number of ether oxygens (including phenoxy) is 2. The van der Waals surface area contributed by atoms with E-state index in [-0.39, 0.29) is 10.9 Å². The molecule has 0 saturated carbocycles. The molecule has 1 saturated heterocycles. The van der Waals surface area contributed by atoms with E-state index >= 15 is 0 Å². The van der Waals surface area contributed by atoms with Crippen molar-refractivity contribution in [3.05, 3.63) is 81.8 Å². The number of pyridine rings is 1. The fourth-order valence-corrected chi connectivity index (χ4v) is 5.13. The fourth-order valence-electron chi connectivity index (χ4n) is 5.13. The largest absolute Gasteiger partial charge is 0.492 e. The molecule has 200 valence electrons. The number of primary amides is 1. The van der Waals surface area contributed by atoms with Crippen LogP contribution in [0.2, 0.25) is 0 Å². The van der Waals surface area contributed by atoms with Crippen LogP contribution in [0.4, 0.5) is 11.6 Å². The highest BCUT2D eigenvalue weighted by Gasteiger charge is 2.18. The molecule has 3 heterocycles. The Morgan fingerprint density at radius 3 is 2.67 bits per heavy atom. The van der Waals surface area contributed by atoms with E-state index < -0.39 is 11.3 Å². The van der Waals surface area contributed by atoms with Crippen LogP contribution in [-0.4, -0.2) is 64.8 Å². The van der Waals surface area contributed by atoms with Gasteiger partial charge in [-0.25, -0.2) is 4.98 Å². The highest BCUT2D eigenvalue weighted by molar-refractivity contribution is 5.96. The number of benzene rings is 2. The second kappa shape index (κ2) is 10.8. The molecule has 0 radical (unpaired) electrons. The minimum Gasteiger partial charge on any atom is -0.492 e. The average molecular weight is 527 g/mol. The number of carbonyl (C=O) groups excluding carboxylic acids is 1. The molecule has 0 spiro atoms. The molecule has 1 fully saturated rings. The number of morpholine rings is 1. The van der Waals surface area contributed by atoms with E-state index in [4.69, 9.17) is 15.2 Å². The number of hydrogen-bond acceptors (Lipinski definition) is 8. The predicted octanol–water partition coefficient (Wildman–Crippen LogP) is 2.82. The maximum Gasteiger partial charge on any atom is 0.254 e. The Morgan fingerprint density at radius 2 is 1.87 bits per heavy atom. The van der Waals surface area contributed by atoms with Gasteiger partial charge in [0.2, 0.25) is 11.4 Å². The topological polar surface area (TPSA) is 125 Å². The van der Waals surface area contributed by atoms with E-state index in [0.717, 1.165) is 69.2 Å². The van der Waals surface area contributed by atoms with Crippen LogP contribution in [0.3, 0.4) is 0 Å². The molecule has 2 aromatic heterocycles. The number of aryl methyl sites for hydroxylation is 2. The zero-order valence-electron chi connectivity index (χ0n) is 21.6.